The first-order valence-electron chi connectivity index (χ1n) is 5.23. The van der Waals surface area contributed by atoms with Crippen LogP contribution in [0.3, 0.4) is 0 Å². The number of ether oxygens (including phenoxy) is 1. The molecule has 0 saturated carbocycles. The Balaban J connectivity index is 2.08. The van der Waals surface area contributed by atoms with Gasteiger partial charge in [0.2, 0.25) is 0 Å². The fraction of sp³-hybridized carbons (Fsp3) is 1.00. The second kappa shape index (κ2) is 6.39. The zero-order chi connectivity index (χ0) is 12.0. The molecule has 0 aromatic carbocycles. The minimum absolute atomic E-state index is 0.274. The topological polar surface area (TPSA) is 44.7 Å². The smallest absolute Gasteiger partial charge is 0.389 e. The van der Waals surface area contributed by atoms with Crippen molar-refractivity contribution < 1.29 is 23.0 Å². The number of alkyl halides is 3. The SMILES string of the molecule is O[C@@H](COCC(F)(F)F)CN1CCNCC1. The molecule has 0 bridgehead atoms. The predicted octanol–water partition coefficient (Wildman–Crippen LogP) is -0.169. The van der Waals surface area contributed by atoms with Crippen LogP contribution >= 0.6 is 0 Å². The van der Waals surface area contributed by atoms with Crippen LogP contribution in [-0.2, 0) is 4.74 Å². The van der Waals surface area contributed by atoms with Crippen LogP contribution in [0.2, 0.25) is 0 Å². The molecule has 0 aliphatic carbocycles. The van der Waals surface area contributed by atoms with Crippen LogP contribution in [0.15, 0.2) is 0 Å². The van der Waals surface area contributed by atoms with Crippen molar-refractivity contribution in [1.82, 2.24) is 10.2 Å². The van der Waals surface area contributed by atoms with E-state index in [2.05, 4.69) is 10.1 Å². The van der Waals surface area contributed by atoms with Crippen molar-refractivity contribution in [3.63, 3.8) is 0 Å². The van der Waals surface area contributed by atoms with E-state index in [0.717, 1.165) is 26.2 Å². The molecule has 1 saturated heterocycles. The van der Waals surface area contributed by atoms with Crippen LogP contribution in [0.5, 0.6) is 0 Å². The molecule has 0 radical (unpaired) electrons. The Kier molecular flexibility index (Phi) is 5.47. The lowest BCUT2D eigenvalue weighted by atomic mass is 10.3. The van der Waals surface area contributed by atoms with E-state index >= 15 is 0 Å². The molecule has 1 atom stereocenters. The molecule has 0 aromatic heterocycles. The van der Waals surface area contributed by atoms with Gasteiger partial charge in [0.1, 0.15) is 6.61 Å². The van der Waals surface area contributed by atoms with Gasteiger partial charge >= 0.3 is 6.18 Å². The summed E-state index contributed by atoms with van der Waals surface area (Å²) >= 11 is 0. The highest BCUT2D eigenvalue weighted by molar-refractivity contribution is 4.70. The van der Waals surface area contributed by atoms with Gasteiger partial charge in [0, 0.05) is 32.7 Å². The number of nitrogens with zero attached hydrogens (tertiary/aromatic N) is 1. The van der Waals surface area contributed by atoms with E-state index in [0.29, 0.717) is 6.54 Å². The Morgan fingerprint density at radius 2 is 1.94 bits per heavy atom. The molecule has 1 heterocycles. The van der Waals surface area contributed by atoms with Crippen molar-refractivity contribution in [2.24, 2.45) is 0 Å². The van der Waals surface area contributed by atoms with Gasteiger partial charge in [0.15, 0.2) is 0 Å². The Labute approximate surface area is 92.4 Å². The van der Waals surface area contributed by atoms with Gasteiger partial charge in [-0.2, -0.15) is 13.2 Å². The first-order valence-corrected chi connectivity index (χ1v) is 5.23. The van der Waals surface area contributed by atoms with Gasteiger partial charge in [-0.25, -0.2) is 0 Å². The van der Waals surface area contributed by atoms with Gasteiger partial charge in [0.05, 0.1) is 12.7 Å². The number of aliphatic hydroxyl groups is 1. The van der Waals surface area contributed by atoms with E-state index in [-0.39, 0.29) is 6.61 Å². The molecule has 1 aliphatic rings. The van der Waals surface area contributed by atoms with Crippen LogP contribution in [0, 0.1) is 0 Å². The third kappa shape index (κ3) is 6.26. The number of piperazine rings is 1. The van der Waals surface area contributed by atoms with Crippen LogP contribution in [0.1, 0.15) is 0 Å². The molecule has 1 aliphatic heterocycles. The van der Waals surface area contributed by atoms with Crippen LogP contribution in [-0.4, -0.2) is 68.2 Å². The maximum atomic E-state index is 11.7. The van der Waals surface area contributed by atoms with Crippen LogP contribution in [0.25, 0.3) is 0 Å². The minimum atomic E-state index is -4.32. The van der Waals surface area contributed by atoms with Gasteiger partial charge in [0.25, 0.3) is 0 Å². The highest BCUT2D eigenvalue weighted by Gasteiger charge is 2.28. The molecule has 0 spiro atoms. The Bertz CT molecular complexity index is 196. The quantitative estimate of drug-likeness (QED) is 0.702. The van der Waals surface area contributed by atoms with Gasteiger partial charge in [-0.1, -0.05) is 0 Å². The van der Waals surface area contributed by atoms with Crippen molar-refractivity contribution >= 4 is 0 Å². The minimum Gasteiger partial charge on any atom is -0.389 e. The van der Waals surface area contributed by atoms with Crippen molar-refractivity contribution in [2.45, 2.75) is 12.3 Å². The molecule has 96 valence electrons. The fourth-order valence-electron chi connectivity index (χ4n) is 1.56. The summed E-state index contributed by atoms with van der Waals surface area (Å²) in [5.74, 6) is 0. The summed E-state index contributed by atoms with van der Waals surface area (Å²) in [6, 6.07) is 0. The van der Waals surface area contributed by atoms with E-state index in [1.54, 1.807) is 0 Å². The average Bonchev–Trinajstić information content (AvgIpc) is 2.17. The Morgan fingerprint density at radius 1 is 1.31 bits per heavy atom. The van der Waals surface area contributed by atoms with Crippen molar-refractivity contribution in [1.29, 1.82) is 0 Å². The van der Waals surface area contributed by atoms with E-state index in [9.17, 15) is 18.3 Å². The van der Waals surface area contributed by atoms with E-state index in [1.807, 2.05) is 4.90 Å². The second-order valence-corrected chi connectivity index (χ2v) is 3.83. The monoisotopic (exact) mass is 242 g/mol. The van der Waals surface area contributed by atoms with E-state index in [4.69, 9.17) is 0 Å². The molecule has 0 aromatic rings. The summed E-state index contributed by atoms with van der Waals surface area (Å²) in [5, 5.41) is 12.6. The van der Waals surface area contributed by atoms with Gasteiger partial charge in [-0.05, 0) is 0 Å². The molecule has 1 fully saturated rings. The normalized spacial score (nSPS) is 21.0. The summed E-state index contributed by atoms with van der Waals surface area (Å²) in [6.07, 6.45) is -5.19. The lowest BCUT2D eigenvalue weighted by Crippen LogP contribution is -2.47. The Morgan fingerprint density at radius 3 is 2.50 bits per heavy atom. The number of rotatable bonds is 5. The number of hydrogen-bond donors (Lipinski definition) is 2. The van der Waals surface area contributed by atoms with E-state index in [1.165, 1.54) is 0 Å². The van der Waals surface area contributed by atoms with Crippen molar-refractivity contribution in [2.75, 3.05) is 45.9 Å². The average molecular weight is 242 g/mol. The molecule has 16 heavy (non-hydrogen) atoms. The zero-order valence-corrected chi connectivity index (χ0v) is 8.96. The first kappa shape index (κ1) is 13.7. The van der Waals surface area contributed by atoms with Gasteiger partial charge < -0.3 is 15.2 Å². The molecule has 7 heteroatoms. The summed E-state index contributed by atoms with van der Waals surface area (Å²) in [5.41, 5.74) is 0. The molecule has 4 nitrogen and oxygen atoms in total. The summed E-state index contributed by atoms with van der Waals surface area (Å²) in [4.78, 5) is 2.00. The number of hydrogen-bond acceptors (Lipinski definition) is 4. The predicted molar refractivity (Wildman–Crippen MR) is 52.2 cm³/mol. The Hall–Kier alpha value is -0.370. The molecule has 0 unspecified atom stereocenters. The first-order chi connectivity index (χ1) is 7.47. The molecule has 2 N–H and O–H groups in total. The lowest BCUT2D eigenvalue weighted by molar-refractivity contribution is -0.179. The largest absolute Gasteiger partial charge is 0.411 e. The summed E-state index contributed by atoms with van der Waals surface area (Å²) in [7, 11) is 0. The highest BCUT2D eigenvalue weighted by atomic mass is 19.4. The van der Waals surface area contributed by atoms with Crippen molar-refractivity contribution in [3.05, 3.63) is 0 Å². The van der Waals surface area contributed by atoms with E-state index < -0.39 is 18.9 Å². The molecular weight excluding hydrogens is 225 g/mol. The van der Waals surface area contributed by atoms with Crippen LogP contribution < -0.4 is 5.32 Å². The lowest BCUT2D eigenvalue weighted by Gasteiger charge is -2.29. The standard InChI is InChI=1S/C9H17F3N2O2/c10-9(11,12)7-16-6-8(15)5-14-3-1-13-2-4-14/h8,13,15H,1-7H2/t8-/m1/s1. The summed E-state index contributed by atoms with van der Waals surface area (Å²) in [6.45, 7) is 2.08. The molecule has 0 amide bonds. The fourth-order valence-corrected chi connectivity index (χ4v) is 1.56. The van der Waals surface area contributed by atoms with Crippen molar-refractivity contribution in [3.8, 4) is 0 Å². The number of β-amino-alcohol motifs (C(OH)–C–C–N with tert-alkyl or cyclic N) is 1. The maximum Gasteiger partial charge on any atom is 0.411 e. The van der Waals surface area contributed by atoms with Crippen LogP contribution in [0.4, 0.5) is 13.2 Å². The van der Waals surface area contributed by atoms with Gasteiger partial charge in [-0.15, -0.1) is 0 Å². The zero-order valence-electron chi connectivity index (χ0n) is 8.96. The molecule has 1 rings (SSSR count). The maximum absolute atomic E-state index is 11.7. The second-order valence-electron chi connectivity index (χ2n) is 3.83. The number of halogens is 3. The number of nitrogens with one attached hydrogen (secondary N) is 1. The number of aliphatic hydroxyl groups excluding tert-OH is 1. The molecular formula is C9H17F3N2O2. The third-order valence-electron chi connectivity index (χ3n) is 2.25. The summed E-state index contributed by atoms with van der Waals surface area (Å²) < 4.78 is 39.6. The highest BCUT2D eigenvalue weighted by Crippen LogP contribution is 2.14. The van der Waals surface area contributed by atoms with Gasteiger partial charge in [-0.3, -0.25) is 4.90 Å². The third-order valence-corrected chi connectivity index (χ3v) is 2.25.